The second-order valence-corrected chi connectivity index (χ2v) is 5.74. The monoisotopic (exact) mass is 295 g/mol. The predicted molar refractivity (Wildman–Crippen MR) is 59.0 cm³/mol. The first-order valence-electron chi connectivity index (χ1n) is 5.07. The maximum atomic E-state index is 12.6. The van der Waals surface area contributed by atoms with Crippen LogP contribution in [0.4, 0.5) is 18.9 Å². The number of anilines is 1. The topological polar surface area (TPSA) is 74.7 Å². The summed E-state index contributed by atoms with van der Waals surface area (Å²) in [7, 11) is -5.73. The highest BCUT2D eigenvalue weighted by Crippen LogP contribution is 2.39. The van der Waals surface area contributed by atoms with Crippen molar-refractivity contribution >= 4 is 21.7 Å². The molecule has 1 atom stereocenters. The van der Waals surface area contributed by atoms with Gasteiger partial charge in [0.25, 0.3) is 0 Å². The van der Waals surface area contributed by atoms with Crippen molar-refractivity contribution in [2.75, 3.05) is 4.31 Å². The molecule has 1 aliphatic heterocycles. The molecule has 0 saturated carbocycles. The molecule has 1 aliphatic rings. The van der Waals surface area contributed by atoms with Gasteiger partial charge >= 0.3 is 21.5 Å². The third-order valence-corrected chi connectivity index (χ3v) is 4.32. The third kappa shape index (κ3) is 2.03. The van der Waals surface area contributed by atoms with Crippen LogP contribution in [-0.4, -0.2) is 31.0 Å². The van der Waals surface area contributed by atoms with E-state index in [2.05, 4.69) is 0 Å². The highest BCUT2D eigenvalue weighted by molar-refractivity contribution is 7.93. The highest BCUT2D eigenvalue weighted by atomic mass is 32.2. The summed E-state index contributed by atoms with van der Waals surface area (Å²) in [4.78, 5) is 11.0. The molecule has 0 amide bonds. The molecule has 0 fully saturated rings. The predicted octanol–water partition coefficient (Wildman–Crippen LogP) is 1.35. The molecular weight excluding hydrogens is 287 g/mol. The van der Waals surface area contributed by atoms with E-state index in [9.17, 15) is 26.4 Å². The summed E-state index contributed by atoms with van der Waals surface area (Å²) in [6.45, 7) is 0. The molecule has 0 aliphatic carbocycles. The fourth-order valence-electron chi connectivity index (χ4n) is 1.95. The molecule has 1 aromatic carbocycles. The van der Waals surface area contributed by atoms with E-state index in [-0.39, 0.29) is 22.0 Å². The summed E-state index contributed by atoms with van der Waals surface area (Å²) < 4.78 is 60.7. The fourth-order valence-corrected chi connectivity index (χ4v) is 3.11. The standard InChI is InChI=1S/C10H8F3NO4S/c11-10(12,13)19(17,18)14-7-4-2-1-3-6(7)5-8(14)9(15)16/h1-4,8H,5H2,(H,15,16). The number of halogens is 3. The van der Waals surface area contributed by atoms with Crippen LogP contribution >= 0.6 is 0 Å². The number of hydrogen-bond acceptors (Lipinski definition) is 3. The Balaban J connectivity index is 2.61. The van der Waals surface area contributed by atoms with Gasteiger partial charge in [0.15, 0.2) is 0 Å². The van der Waals surface area contributed by atoms with Gasteiger partial charge in [-0.15, -0.1) is 0 Å². The number of aliphatic carboxylic acids is 1. The maximum Gasteiger partial charge on any atom is 0.516 e. The second-order valence-electron chi connectivity index (χ2n) is 3.93. The Morgan fingerprint density at radius 3 is 2.42 bits per heavy atom. The van der Waals surface area contributed by atoms with Crippen molar-refractivity contribution in [3.63, 3.8) is 0 Å². The first-order valence-corrected chi connectivity index (χ1v) is 6.51. The molecule has 0 spiro atoms. The summed E-state index contributed by atoms with van der Waals surface area (Å²) in [6.07, 6.45) is -0.291. The molecular formula is C10H8F3NO4S. The van der Waals surface area contributed by atoms with Crippen LogP contribution in [0.25, 0.3) is 0 Å². The number of hydrogen-bond donors (Lipinski definition) is 1. The minimum absolute atomic E-state index is 0.0648. The van der Waals surface area contributed by atoms with Gasteiger partial charge in [-0.3, -0.25) is 0 Å². The molecule has 0 aromatic heterocycles. The number of fused-ring (bicyclic) bond motifs is 1. The third-order valence-electron chi connectivity index (χ3n) is 2.76. The van der Waals surface area contributed by atoms with Crippen LogP contribution in [0.1, 0.15) is 5.56 Å². The zero-order valence-corrected chi connectivity index (χ0v) is 10.1. The van der Waals surface area contributed by atoms with Crippen molar-refractivity contribution in [3.8, 4) is 0 Å². The summed E-state index contributed by atoms with van der Waals surface area (Å²) in [5, 5.41) is 8.91. The Labute approximate surface area is 106 Å². The zero-order valence-electron chi connectivity index (χ0n) is 9.26. The minimum atomic E-state index is -5.73. The number of carbonyl (C=O) groups is 1. The number of rotatable bonds is 2. The first-order chi connectivity index (χ1) is 8.66. The van der Waals surface area contributed by atoms with Crippen LogP contribution in [0.3, 0.4) is 0 Å². The Morgan fingerprint density at radius 1 is 1.32 bits per heavy atom. The van der Waals surface area contributed by atoms with Crippen molar-refractivity contribution < 1.29 is 31.5 Å². The van der Waals surface area contributed by atoms with Crippen LogP contribution in [0.2, 0.25) is 0 Å². The van der Waals surface area contributed by atoms with E-state index in [1.807, 2.05) is 0 Å². The number of carboxylic acid groups (broad SMARTS) is 1. The minimum Gasteiger partial charge on any atom is -0.480 e. The number of benzene rings is 1. The van der Waals surface area contributed by atoms with Crippen LogP contribution in [0, 0.1) is 0 Å². The van der Waals surface area contributed by atoms with E-state index in [1.54, 1.807) is 0 Å². The van der Waals surface area contributed by atoms with Gasteiger partial charge in [-0.1, -0.05) is 18.2 Å². The van der Waals surface area contributed by atoms with Gasteiger partial charge in [0.05, 0.1) is 5.69 Å². The van der Waals surface area contributed by atoms with Crippen LogP contribution in [0.5, 0.6) is 0 Å². The number of sulfonamides is 1. The van der Waals surface area contributed by atoms with Crippen molar-refractivity contribution in [1.29, 1.82) is 0 Å². The Bertz CT molecular complexity index is 626. The number of alkyl halides is 3. The SMILES string of the molecule is O=C(O)C1Cc2ccccc2N1S(=O)(=O)C(F)(F)F. The van der Waals surface area contributed by atoms with E-state index in [0.717, 1.165) is 6.07 Å². The van der Waals surface area contributed by atoms with E-state index in [0.29, 0.717) is 0 Å². The molecule has 0 radical (unpaired) electrons. The van der Waals surface area contributed by atoms with Crippen LogP contribution in [0.15, 0.2) is 24.3 Å². The number of para-hydroxylation sites is 1. The molecule has 5 nitrogen and oxygen atoms in total. The Morgan fingerprint density at radius 2 is 1.89 bits per heavy atom. The van der Waals surface area contributed by atoms with Gasteiger partial charge in [-0.25, -0.2) is 9.10 Å². The first kappa shape index (κ1) is 13.7. The number of carboxylic acids is 1. The molecule has 1 unspecified atom stereocenters. The molecule has 0 bridgehead atoms. The van der Waals surface area contributed by atoms with E-state index in [4.69, 9.17) is 5.11 Å². The zero-order chi connectivity index (χ0) is 14.4. The molecule has 1 aromatic rings. The lowest BCUT2D eigenvalue weighted by Gasteiger charge is -2.25. The average Bonchev–Trinajstić information content (AvgIpc) is 2.66. The maximum absolute atomic E-state index is 12.6. The largest absolute Gasteiger partial charge is 0.516 e. The van der Waals surface area contributed by atoms with Crippen LogP contribution in [-0.2, 0) is 21.2 Å². The quantitative estimate of drug-likeness (QED) is 0.893. The lowest BCUT2D eigenvalue weighted by Crippen LogP contribution is -2.48. The van der Waals surface area contributed by atoms with Gasteiger partial charge in [0.1, 0.15) is 6.04 Å². The smallest absolute Gasteiger partial charge is 0.480 e. The van der Waals surface area contributed by atoms with Gasteiger partial charge in [0.2, 0.25) is 0 Å². The molecule has 104 valence electrons. The number of nitrogens with zero attached hydrogens (tertiary/aromatic N) is 1. The summed E-state index contributed by atoms with van der Waals surface area (Å²) in [6, 6.07) is 3.63. The Hall–Kier alpha value is -1.77. The van der Waals surface area contributed by atoms with Gasteiger partial charge in [0, 0.05) is 6.42 Å². The summed E-state index contributed by atoms with van der Waals surface area (Å²) in [5.74, 6) is -1.62. The summed E-state index contributed by atoms with van der Waals surface area (Å²) in [5.41, 5.74) is -5.53. The fraction of sp³-hybridized carbons (Fsp3) is 0.300. The molecule has 1 N–H and O–H groups in total. The molecule has 0 saturated heterocycles. The highest BCUT2D eigenvalue weighted by Gasteiger charge is 2.55. The second kappa shape index (κ2) is 4.12. The van der Waals surface area contributed by atoms with Gasteiger partial charge in [-0.2, -0.15) is 21.6 Å². The molecule has 2 rings (SSSR count). The van der Waals surface area contributed by atoms with Crippen LogP contribution < -0.4 is 4.31 Å². The van der Waals surface area contributed by atoms with E-state index >= 15 is 0 Å². The molecule has 1 heterocycles. The lowest BCUT2D eigenvalue weighted by molar-refractivity contribution is -0.138. The van der Waals surface area contributed by atoms with Crippen molar-refractivity contribution in [3.05, 3.63) is 29.8 Å². The normalized spacial score (nSPS) is 19.3. The summed E-state index contributed by atoms with van der Waals surface area (Å²) >= 11 is 0. The van der Waals surface area contributed by atoms with Crippen molar-refractivity contribution in [2.45, 2.75) is 18.0 Å². The average molecular weight is 295 g/mol. The van der Waals surface area contributed by atoms with Crippen molar-refractivity contribution in [2.24, 2.45) is 0 Å². The van der Waals surface area contributed by atoms with Gasteiger partial charge in [-0.05, 0) is 11.6 Å². The molecule has 9 heteroatoms. The van der Waals surface area contributed by atoms with E-state index in [1.165, 1.54) is 18.2 Å². The van der Waals surface area contributed by atoms with Gasteiger partial charge < -0.3 is 5.11 Å². The molecule has 19 heavy (non-hydrogen) atoms. The Kier molecular flexibility index (Phi) is 2.96. The van der Waals surface area contributed by atoms with E-state index < -0.39 is 27.5 Å². The van der Waals surface area contributed by atoms with Crippen molar-refractivity contribution in [1.82, 2.24) is 0 Å². The lowest BCUT2D eigenvalue weighted by atomic mass is 10.1.